The molecule has 0 bridgehead atoms. The second kappa shape index (κ2) is 16.7. The number of rotatable bonds is 15. The van der Waals surface area contributed by atoms with Gasteiger partial charge in [0, 0.05) is 53.8 Å². The zero-order chi connectivity index (χ0) is 41.0. The maximum atomic E-state index is 13.7. The average Bonchev–Trinajstić information content (AvgIpc) is 3.77. The van der Waals surface area contributed by atoms with Gasteiger partial charge in [-0.3, -0.25) is 4.98 Å². The molecule has 13 nitrogen and oxygen atoms in total. The molecular formula is C45H44FN9O4. The SMILES string of the molecule is COc1ccc(-c2c(C)nn3c(NCc4ccc(F)cc4)cc(CCOc4cc(-c5c(C)nn6c(NCc7ccccn7)cc(C)nc56)ccc4OC)nc23)cc1OC. The van der Waals surface area contributed by atoms with Crippen molar-refractivity contribution in [2.24, 2.45) is 0 Å². The molecule has 0 amide bonds. The van der Waals surface area contributed by atoms with Crippen molar-refractivity contribution in [1.29, 1.82) is 0 Å². The molecule has 300 valence electrons. The molecule has 0 spiro atoms. The molecule has 59 heavy (non-hydrogen) atoms. The van der Waals surface area contributed by atoms with Crippen LogP contribution in [0.5, 0.6) is 23.0 Å². The molecule has 14 heteroatoms. The van der Waals surface area contributed by atoms with E-state index < -0.39 is 0 Å². The number of benzene rings is 3. The Morgan fingerprint density at radius 1 is 0.610 bits per heavy atom. The molecule has 0 atom stereocenters. The lowest BCUT2D eigenvalue weighted by molar-refractivity contribution is 0.297. The first kappa shape index (κ1) is 38.6. The highest BCUT2D eigenvalue weighted by atomic mass is 19.1. The third kappa shape index (κ3) is 8.02. The molecule has 2 N–H and O–H groups in total. The molecule has 0 unspecified atom stereocenters. The maximum Gasteiger partial charge on any atom is 0.165 e. The van der Waals surface area contributed by atoms with E-state index in [1.807, 2.05) is 92.0 Å². The maximum absolute atomic E-state index is 13.7. The Hall–Kier alpha value is -7.22. The Morgan fingerprint density at radius 3 is 1.86 bits per heavy atom. The van der Waals surface area contributed by atoms with E-state index in [2.05, 4.69) is 15.6 Å². The standard InChI is InChI=1S/C45H44FN9O4/c1-27-21-40(49-26-35-9-7-8-19-47-35)54-44(50-27)42(28(2)52-54)32-13-17-37(57-5)39(23-32)59-20-18-34-24-41(48-25-30-10-14-33(46)15-11-30)55-45(51-34)43(29(3)53-55)31-12-16-36(56-4)38(22-31)58-6/h7-17,19,21-24,48-49H,18,20,25-26H2,1-6H3. The molecule has 5 heterocycles. The topological polar surface area (TPSA) is 134 Å². The van der Waals surface area contributed by atoms with Crippen molar-refractivity contribution < 1.29 is 23.3 Å². The number of fused-ring (bicyclic) bond motifs is 2. The molecule has 0 fully saturated rings. The van der Waals surface area contributed by atoms with Crippen molar-refractivity contribution in [1.82, 2.24) is 34.2 Å². The van der Waals surface area contributed by atoms with Gasteiger partial charge in [0.2, 0.25) is 0 Å². The fraction of sp³-hybridized carbons (Fsp3) is 0.222. The molecule has 0 aliphatic rings. The number of hydrogen-bond donors (Lipinski definition) is 2. The van der Waals surface area contributed by atoms with Crippen molar-refractivity contribution in [2.45, 2.75) is 40.3 Å². The highest BCUT2D eigenvalue weighted by Gasteiger charge is 2.21. The number of nitrogens with one attached hydrogen (secondary N) is 2. The summed E-state index contributed by atoms with van der Waals surface area (Å²) in [7, 11) is 4.84. The largest absolute Gasteiger partial charge is 0.493 e. The Balaban J connectivity index is 1.10. The summed E-state index contributed by atoms with van der Waals surface area (Å²) in [6.07, 6.45) is 2.25. The molecular weight excluding hydrogens is 750 g/mol. The van der Waals surface area contributed by atoms with Crippen molar-refractivity contribution in [3.63, 3.8) is 0 Å². The zero-order valence-electron chi connectivity index (χ0n) is 33.7. The molecule has 5 aromatic heterocycles. The number of nitrogens with zero attached hydrogens (tertiary/aromatic N) is 7. The van der Waals surface area contributed by atoms with Gasteiger partial charge in [-0.1, -0.05) is 30.3 Å². The minimum atomic E-state index is -0.286. The first-order valence-corrected chi connectivity index (χ1v) is 19.1. The van der Waals surface area contributed by atoms with Crippen LogP contribution in [-0.4, -0.2) is 62.1 Å². The minimum absolute atomic E-state index is 0.286. The van der Waals surface area contributed by atoms with Crippen LogP contribution in [-0.2, 0) is 19.5 Å². The van der Waals surface area contributed by atoms with E-state index in [1.54, 1.807) is 44.2 Å². The predicted octanol–water partition coefficient (Wildman–Crippen LogP) is 8.44. The summed E-state index contributed by atoms with van der Waals surface area (Å²) >= 11 is 0. The van der Waals surface area contributed by atoms with Crippen LogP contribution in [0.1, 0.15) is 34.0 Å². The van der Waals surface area contributed by atoms with Crippen LogP contribution in [0, 0.1) is 26.6 Å². The van der Waals surface area contributed by atoms with Gasteiger partial charge in [0.25, 0.3) is 0 Å². The molecule has 0 saturated carbocycles. The summed E-state index contributed by atoms with van der Waals surface area (Å²) in [6.45, 7) is 7.19. The summed E-state index contributed by atoms with van der Waals surface area (Å²) in [5.41, 5.74) is 9.98. The summed E-state index contributed by atoms with van der Waals surface area (Å²) in [4.78, 5) is 14.5. The first-order valence-electron chi connectivity index (χ1n) is 19.1. The second-order valence-electron chi connectivity index (χ2n) is 14.0. The number of hydrogen-bond acceptors (Lipinski definition) is 11. The summed E-state index contributed by atoms with van der Waals surface area (Å²) < 4.78 is 40.7. The Morgan fingerprint density at radius 2 is 1.22 bits per heavy atom. The van der Waals surface area contributed by atoms with E-state index in [4.69, 9.17) is 39.1 Å². The van der Waals surface area contributed by atoms with E-state index in [0.29, 0.717) is 54.8 Å². The van der Waals surface area contributed by atoms with Crippen LogP contribution in [0.2, 0.25) is 0 Å². The third-order valence-electron chi connectivity index (χ3n) is 10.0. The summed E-state index contributed by atoms with van der Waals surface area (Å²) in [6, 6.07) is 27.8. The molecule has 0 saturated heterocycles. The quantitative estimate of drug-likeness (QED) is 0.104. The summed E-state index contributed by atoms with van der Waals surface area (Å²) in [5, 5.41) is 16.8. The molecule has 0 aliphatic heterocycles. The molecule has 0 aliphatic carbocycles. The van der Waals surface area contributed by atoms with Crippen molar-refractivity contribution in [3.8, 4) is 45.3 Å². The van der Waals surface area contributed by atoms with Crippen molar-refractivity contribution in [3.05, 3.63) is 137 Å². The Kier molecular flexibility index (Phi) is 10.9. The fourth-order valence-corrected chi connectivity index (χ4v) is 7.16. The number of ether oxygens (including phenoxy) is 4. The van der Waals surface area contributed by atoms with Gasteiger partial charge in [-0.25, -0.2) is 14.4 Å². The second-order valence-corrected chi connectivity index (χ2v) is 14.0. The number of anilines is 2. The van der Waals surface area contributed by atoms with Gasteiger partial charge in [0.05, 0.1) is 51.6 Å². The van der Waals surface area contributed by atoms with Gasteiger partial charge in [-0.05, 0) is 86.0 Å². The van der Waals surface area contributed by atoms with Crippen LogP contribution in [0.3, 0.4) is 0 Å². The lowest BCUT2D eigenvalue weighted by Crippen LogP contribution is -2.10. The number of pyridine rings is 1. The van der Waals surface area contributed by atoms with Gasteiger partial charge in [-0.2, -0.15) is 19.2 Å². The number of aromatic nitrogens is 7. The Labute approximate surface area is 340 Å². The third-order valence-corrected chi connectivity index (χ3v) is 10.0. The molecule has 8 aromatic rings. The number of methoxy groups -OCH3 is 3. The van der Waals surface area contributed by atoms with Crippen LogP contribution in [0.15, 0.2) is 97.2 Å². The first-order chi connectivity index (χ1) is 28.7. The van der Waals surface area contributed by atoms with E-state index >= 15 is 0 Å². The average molecular weight is 794 g/mol. The van der Waals surface area contributed by atoms with Gasteiger partial charge >= 0.3 is 0 Å². The number of aryl methyl sites for hydroxylation is 3. The van der Waals surface area contributed by atoms with Gasteiger partial charge in [-0.15, -0.1) is 0 Å². The van der Waals surface area contributed by atoms with Crippen LogP contribution >= 0.6 is 0 Å². The Bertz CT molecular complexity index is 2770. The monoisotopic (exact) mass is 793 g/mol. The van der Waals surface area contributed by atoms with Gasteiger partial charge in [0.15, 0.2) is 34.3 Å². The van der Waals surface area contributed by atoms with E-state index in [1.165, 1.54) is 12.1 Å². The van der Waals surface area contributed by atoms with Gasteiger partial charge < -0.3 is 29.6 Å². The van der Waals surface area contributed by atoms with Crippen LogP contribution in [0.25, 0.3) is 33.5 Å². The minimum Gasteiger partial charge on any atom is -0.493 e. The lowest BCUT2D eigenvalue weighted by atomic mass is 10.1. The van der Waals surface area contributed by atoms with E-state index in [9.17, 15) is 4.39 Å². The zero-order valence-corrected chi connectivity index (χ0v) is 33.7. The smallest absolute Gasteiger partial charge is 0.165 e. The van der Waals surface area contributed by atoms with Crippen molar-refractivity contribution in [2.75, 3.05) is 38.6 Å². The molecule has 3 aromatic carbocycles. The molecule has 0 radical (unpaired) electrons. The van der Waals surface area contributed by atoms with E-state index in [0.717, 1.165) is 73.6 Å². The van der Waals surface area contributed by atoms with Crippen molar-refractivity contribution >= 4 is 22.9 Å². The highest BCUT2D eigenvalue weighted by molar-refractivity contribution is 5.83. The normalized spacial score (nSPS) is 11.2. The van der Waals surface area contributed by atoms with Crippen LogP contribution in [0.4, 0.5) is 16.0 Å². The fourth-order valence-electron chi connectivity index (χ4n) is 7.16. The highest BCUT2D eigenvalue weighted by Crippen LogP contribution is 2.38. The molecule has 8 rings (SSSR count). The van der Waals surface area contributed by atoms with Gasteiger partial charge in [0.1, 0.15) is 17.5 Å². The predicted molar refractivity (Wildman–Crippen MR) is 225 cm³/mol. The van der Waals surface area contributed by atoms with Crippen LogP contribution < -0.4 is 29.6 Å². The van der Waals surface area contributed by atoms with E-state index in [-0.39, 0.29) is 5.82 Å². The number of halogens is 1. The summed E-state index contributed by atoms with van der Waals surface area (Å²) in [5.74, 6) is 3.65. The lowest BCUT2D eigenvalue weighted by Gasteiger charge is -2.14.